The first kappa shape index (κ1) is 16.0. The number of benzene rings is 2. The molecule has 0 aromatic heterocycles. The van der Waals surface area contributed by atoms with Gasteiger partial charge in [0.05, 0.1) is 6.04 Å². The molecule has 0 heterocycles. The Hall–Kier alpha value is -2.36. The molecule has 1 amide bonds. The van der Waals surface area contributed by atoms with E-state index in [-0.39, 0.29) is 24.4 Å². The highest BCUT2D eigenvalue weighted by molar-refractivity contribution is 5.78. The van der Waals surface area contributed by atoms with E-state index in [2.05, 4.69) is 5.32 Å². The van der Waals surface area contributed by atoms with E-state index in [0.29, 0.717) is 5.75 Å². The van der Waals surface area contributed by atoms with Gasteiger partial charge < -0.3 is 10.1 Å². The van der Waals surface area contributed by atoms with Gasteiger partial charge in [0, 0.05) is 0 Å². The van der Waals surface area contributed by atoms with Crippen molar-refractivity contribution in [3.63, 3.8) is 0 Å². The Morgan fingerprint density at radius 2 is 1.86 bits per heavy atom. The Balaban J connectivity index is 1.90. The van der Waals surface area contributed by atoms with Crippen molar-refractivity contribution in [1.82, 2.24) is 5.32 Å². The van der Waals surface area contributed by atoms with Crippen LogP contribution in [0.5, 0.6) is 5.75 Å². The van der Waals surface area contributed by atoms with E-state index in [1.54, 1.807) is 12.1 Å². The molecule has 2 aromatic rings. The third-order valence-electron chi connectivity index (χ3n) is 3.66. The molecule has 0 bridgehead atoms. The Kier molecular flexibility index (Phi) is 5.15. The predicted octanol–water partition coefficient (Wildman–Crippen LogP) is 3.70. The number of amides is 1. The zero-order valence-electron chi connectivity index (χ0n) is 13.0. The maximum Gasteiger partial charge on any atom is 0.258 e. The number of hydrogen-bond donors (Lipinski definition) is 1. The van der Waals surface area contributed by atoms with Crippen LogP contribution in [0, 0.1) is 19.7 Å². The molecule has 0 saturated carbocycles. The van der Waals surface area contributed by atoms with Gasteiger partial charge in [0.1, 0.15) is 11.6 Å². The number of hydrogen-bond acceptors (Lipinski definition) is 2. The molecule has 0 spiro atoms. The van der Waals surface area contributed by atoms with Crippen LogP contribution in [0.15, 0.2) is 42.5 Å². The summed E-state index contributed by atoms with van der Waals surface area (Å²) in [6.07, 6.45) is 0. The van der Waals surface area contributed by atoms with Crippen LogP contribution in [0.2, 0.25) is 0 Å². The van der Waals surface area contributed by atoms with Crippen molar-refractivity contribution in [3.05, 3.63) is 65.0 Å². The third kappa shape index (κ3) is 4.07. The van der Waals surface area contributed by atoms with Gasteiger partial charge in [-0.1, -0.05) is 24.3 Å². The summed E-state index contributed by atoms with van der Waals surface area (Å²) in [6.45, 7) is 5.77. The zero-order chi connectivity index (χ0) is 16.1. The van der Waals surface area contributed by atoms with E-state index in [9.17, 15) is 9.18 Å². The maximum atomic E-state index is 12.9. The molecule has 0 aliphatic carbocycles. The SMILES string of the molecule is Cc1cccc(OCC(=O)N[C@@H](C)c2ccc(F)cc2)c1C. The van der Waals surface area contributed by atoms with Crippen molar-refractivity contribution in [2.75, 3.05) is 6.61 Å². The van der Waals surface area contributed by atoms with E-state index < -0.39 is 0 Å². The van der Waals surface area contributed by atoms with Crippen LogP contribution < -0.4 is 10.1 Å². The van der Waals surface area contributed by atoms with Crippen LogP contribution in [-0.2, 0) is 4.79 Å². The van der Waals surface area contributed by atoms with Crippen molar-refractivity contribution in [1.29, 1.82) is 0 Å². The molecule has 0 fully saturated rings. The number of halogens is 1. The first-order chi connectivity index (χ1) is 10.5. The first-order valence-electron chi connectivity index (χ1n) is 7.21. The van der Waals surface area contributed by atoms with E-state index in [1.807, 2.05) is 39.0 Å². The summed E-state index contributed by atoms with van der Waals surface area (Å²) in [7, 11) is 0. The molecule has 1 atom stereocenters. The average Bonchev–Trinajstić information content (AvgIpc) is 2.49. The number of carbonyl (C=O) groups is 1. The standard InChI is InChI=1S/C18H20FNO2/c1-12-5-4-6-17(13(12)2)22-11-18(21)20-14(3)15-7-9-16(19)10-8-15/h4-10,14H,11H2,1-3H3,(H,20,21)/t14-/m0/s1. The van der Waals surface area contributed by atoms with Crippen molar-refractivity contribution in [2.24, 2.45) is 0 Å². The Morgan fingerprint density at radius 1 is 1.18 bits per heavy atom. The van der Waals surface area contributed by atoms with Gasteiger partial charge in [0.15, 0.2) is 6.61 Å². The minimum Gasteiger partial charge on any atom is -0.483 e. The predicted molar refractivity (Wildman–Crippen MR) is 84.4 cm³/mol. The number of rotatable bonds is 5. The fraction of sp³-hybridized carbons (Fsp3) is 0.278. The molecule has 3 nitrogen and oxygen atoms in total. The van der Waals surface area contributed by atoms with Crippen molar-refractivity contribution in [3.8, 4) is 5.75 Å². The molecule has 22 heavy (non-hydrogen) atoms. The van der Waals surface area contributed by atoms with Crippen LogP contribution in [0.1, 0.15) is 29.7 Å². The van der Waals surface area contributed by atoms with Crippen LogP contribution in [0.25, 0.3) is 0 Å². The normalized spacial score (nSPS) is 11.8. The fourth-order valence-electron chi connectivity index (χ4n) is 2.14. The summed E-state index contributed by atoms with van der Waals surface area (Å²) in [6, 6.07) is 11.6. The zero-order valence-corrected chi connectivity index (χ0v) is 13.0. The monoisotopic (exact) mass is 301 g/mol. The second-order valence-corrected chi connectivity index (χ2v) is 5.33. The van der Waals surface area contributed by atoms with Crippen molar-refractivity contribution < 1.29 is 13.9 Å². The lowest BCUT2D eigenvalue weighted by Crippen LogP contribution is -2.31. The molecule has 2 rings (SSSR count). The van der Waals surface area contributed by atoms with Gasteiger partial charge in [-0.2, -0.15) is 0 Å². The second-order valence-electron chi connectivity index (χ2n) is 5.33. The number of aryl methyl sites for hydroxylation is 1. The minimum atomic E-state index is -0.291. The molecule has 4 heteroatoms. The quantitative estimate of drug-likeness (QED) is 0.914. The second kappa shape index (κ2) is 7.07. The lowest BCUT2D eigenvalue weighted by atomic mass is 10.1. The minimum absolute atomic E-state index is 0.0458. The molecule has 0 unspecified atom stereocenters. The molecular formula is C18H20FNO2. The molecule has 0 aliphatic rings. The van der Waals surface area contributed by atoms with Crippen LogP contribution in [-0.4, -0.2) is 12.5 Å². The van der Waals surface area contributed by atoms with Gasteiger partial charge in [0.2, 0.25) is 0 Å². The van der Waals surface area contributed by atoms with Gasteiger partial charge >= 0.3 is 0 Å². The average molecular weight is 301 g/mol. The number of ether oxygens (including phenoxy) is 1. The number of carbonyl (C=O) groups excluding carboxylic acids is 1. The van der Waals surface area contributed by atoms with Crippen LogP contribution in [0.4, 0.5) is 4.39 Å². The summed E-state index contributed by atoms with van der Waals surface area (Å²) in [5, 5.41) is 2.83. The molecule has 116 valence electrons. The van der Waals surface area contributed by atoms with Gasteiger partial charge in [-0.15, -0.1) is 0 Å². The lowest BCUT2D eigenvalue weighted by Gasteiger charge is -2.15. The largest absolute Gasteiger partial charge is 0.483 e. The van der Waals surface area contributed by atoms with Crippen LogP contribution >= 0.6 is 0 Å². The molecular weight excluding hydrogens is 281 g/mol. The Labute approximate surface area is 130 Å². The highest BCUT2D eigenvalue weighted by Gasteiger charge is 2.11. The fourth-order valence-corrected chi connectivity index (χ4v) is 2.14. The number of nitrogens with one attached hydrogen (secondary N) is 1. The van der Waals surface area contributed by atoms with E-state index >= 15 is 0 Å². The molecule has 0 aliphatic heterocycles. The molecule has 1 N–H and O–H groups in total. The Morgan fingerprint density at radius 3 is 2.55 bits per heavy atom. The summed E-state index contributed by atoms with van der Waals surface area (Å²) in [5.41, 5.74) is 3.00. The van der Waals surface area contributed by atoms with Gasteiger partial charge in [0.25, 0.3) is 5.91 Å². The van der Waals surface area contributed by atoms with E-state index in [0.717, 1.165) is 16.7 Å². The first-order valence-corrected chi connectivity index (χ1v) is 7.21. The maximum absolute atomic E-state index is 12.9. The molecule has 2 aromatic carbocycles. The van der Waals surface area contributed by atoms with E-state index in [1.165, 1.54) is 12.1 Å². The summed E-state index contributed by atoms with van der Waals surface area (Å²) in [4.78, 5) is 12.0. The van der Waals surface area contributed by atoms with Gasteiger partial charge in [-0.25, -0.2) is 4.39 Å². The third-order valence-corrected chi connectivity index (χ3v) is 3.66. The smallest absolute Gasteiger partial charge is 0.258 e. The van der Waals surface area contributed by atoms with E-state index in [4.69, 9.17) is 4.74 Å². The highest BCUT2D eigenvalue weighted by atomic mass is 19.1. The summed E-state index contributed by atoms with van der Waals surface area (Å²) < 4.78 is 18.4. The molecule has 0 radical (unpaired) electrons. The summed E-state index contributed by atoms with van der Waals surface area (Å²) in [5.74, 6) is 0.211. The molecule has 0 saturated heterocycles. The van der Waals surface area contributed by atoms with Gasteiger partial charge in [-0.05, 0) is 55.7 Å². The van der Waals surface area contributed by atoms with Crippen molar-refractivity contribution >= 4 is 5.91 Å². The highest BCUT2D eigenvalue weighted by Crippen LogP contribution is 2.20. The lowest BCUT2D eigenvalue weighted by molar-refractivity contribution is -0.123. The van der Waals surface area contributed by atoms with Crippen molar-refractivity contribution in [2.45, 2.75) is 26.8 Å². The Bertz CT molecular complexity index is 653. The van der Waals surface area contributed by atoms with Gasteiger partial charge in [-0.3, -0.25) is 4.79 Å². The topological polar surface area (TPSA) is 38.3 Å². The summed E-state index contributed by atoms with van der Waals surface area (Å²) >= 11 is 0. The van der Waals surface area contributed by atoms with Crippen LogP contribution in [0.3, 0.4) is 0 Å².